The van der Waals surface area contributed by atoms with Gasteiger partial charge in [0, 0.05) is 19.1 Å². The van der Waals surface area contributed by atoms with Crippen molar-refractivity contribution in [2.75, 3.05) is 26.4 Å². The molecule has 1 saturated heterocycles. The second-order valence-corrected chi connectivity index (χ2v) is 4.48. The van der Waals surface area contributed by atoms with Crippen LogP contribution in [0.3, 0.4) is 0 Å². The largest absolute Gasteiger partial charge is 0.466 e. The van der Waals surface area contributed by atoms with Gasteiger partial charge in [0.15, 0.2) is 0 Å². The molecule has 100 valence electrons. The highest BCUT2D eigenvalue weighted by Crippen LogP contribution is 2.06. The summed E-state index contributed by atoms with van der Waals surface area (Å²) < 4.78 is 10.5. The SMILES string of the molecule is CCOC(=O)CCCCCOCC1CCCN1. The first-order valence-corrected chi connectivity index (χ1v) is 6.79. The maximum atomic E-state index is 11.0. The maximum Gasteiger partial charge on any atom is 0.305 e. The van der Waals surface area contributed by atoms with E-state index >= 15 is 0 Å². The van der Waals surface area contributed by atoms with Gasteiger partial charge in [-0.1, -0.05) is 6.42 Å². The fraction of sp³-hybridized carbons (Fsp3) is 0.923. The van der Waals surface area contributed by atoms with Crippen molar-refractivity contribution < 1.29 is 14.3 Å². The molecule has 1 fully saturated rings. The minimum Gasteiger partial charge on any atom is -0.466 e. The number of nitrogens with one attached hydrogen (secondary N) is 1. The Morgan fingerprint density at radius 1 is 1.35 bits per heavy atom. The average molecular weight is 243 g/mol. The molecule has 4 heteroatoms. The van der Waals surface area contributed by atoms with Crippen LogP contribution in [0.5, 0.6) is 0 Å². The third-order valence-electron chi connectivity index (χ3n) is 2.96. The van der Waals surface area contributed by atoms with Crippen LogP contribution in [-0.4, -0.2) is 38.4 Å². The third kappa shape index (κ3) is 7.34. The van der Waals surface area contributed by atoms with Crippen molar-refractivity contribution in [1.82, 2.24) is 5.32 Å². The number of carbonyl (C=O) groups is 1. The molecule has 1 atom stereocenters. The molecule has 0 saturated carbocycles. The van der Waals surface area contributed by atoms with E-state index in [0.717, 1.165) is 39.0 Å². The Kier molecular flexibility index (Phi) is 8.01. The summed E-state index contributed by atoms with van der Waals surface area (Å²) in [5.41, 5.74) is 0. The van der Waals surface area contributed by atoms with E-state index in [0.29, 0.717) is 19.1 Å². The molecule has 0 radical (unpaired) electrons. The normalized spacial score (nSPS) is 19.5. The van der Waals surface area contributed by atoms with Crippen molar-refractivity contribution in [3.63, 3.8) is 0 Å². The molecule has 0 amide bonds. The number of esters is 1. The van der Waals surface area contributed by atoms with Gasteiger partial charge in [-0.25, -0.2) is 0 Å². The second-order valence-electron chi connectivity index (χ2n) is 4.48. The lowest BCUT2D eigenvalue weighted by atomic mass is 10.2. The zero-order valence-corrected chi connectivity index (χ0v) is 10.9. The van der Waals surface area contributed by atoms with Gasteiger partial charge in [-0.3, -0.25) is 4.79 Å². The molecular formula is C13H25NO3. The van der Waals surface area contributed by atoms with Gasteiger partial charge >= 0.3 is 5.97 Å². The Labute approximate surface area is 104 Å². The topological polar surface area (TPSA) is 47.6 Å². The molecule has 0 aromatic heterocycles. The summed E-state index contributed by atoms with van der Waals surface area (Å²) in [6.45, 7) is 5.09. The monoisotopic (exact) mass is 243 g/mol. The van der Waals surface area contributed by atoms with Gasteiger partial charge in [0.2, 0.25) is 0 Å². The van der Waals surface area contributed by atoms with Gasteiger partial charge in [0.05, 0.1) is 13.2 Å². The van der Waals surface area contributed by atoms with Gasteiger partial charge in [-0.05, 0) is 39.2 Å². The fourth-order valence-electron chi connectivity index (χ4n) is 2.01. The summed E-state index contributed by atoms with van der Waals surface area (Å²) in [6.07, 6.45) is 6.03. The number of ether oxygens (including phenoxy) is 2. The zero-order chi connectivity index (χ0) is 12.3. The van der Waals surface area contributed by atoms with E-state index < -0.39 is 0 Å². The predicted molar refractivity (Wildman–Crippen MR) is 66.9 cm³/mol. The van der Waals surface area contributed by atoms with Gasteiger partial charge in [-0.2, -0.15) is 0 Å². The molecule has 1 N–H and O–H groups in total. The minimum absolute atomic E-state index is 0.0800. The molecule has 0 bridgehead atoms. The summed E-state index contributed by atoms with van der Waals surface area (Å²) in [6, 6.07) is 0.564. The first kappa shape index (κ1) is 14.5. The van der Waals surface area contributed by atoms with Crippen LogP contribution in [-0.2, 0) is 14.3 Å². The van der Waals surface area contributed by atoms with E-state index in [1.165, 1.54) is 12.8 Å². The number of unbranched alkanes of at least 4 members (excludes halogenated alkanes) is 2. The second kappa shape index (κ2) is 9.42. The Bertz CT molecular complexity index is 203. The highest BCUT2D eigenvalue weighted by Gasteiger charge is 2.13. The summed E-state index contributed by atoms with van der Waals surface area (Å²) in [5.74, 6) is -0.0800. The van der Waals surface area contributed by atoms with E-state index in [2.05, 4.69) is 5.32 Å². The molecule has 1 rings (SSSR count). The summed E-state index contributed by atoms with van der Waals surface area (Å²) in [7, 11) is 0. The number of hydrogen-bond donors (Lipinski definition) is 1. The van der Waals surface area contributed by atoms with Crippen LogP contribution in [0.2, 0.25) is 0 Å². The van der Waals surface area contributed by atoms with Crippen molar-refractivity contribution in [3.05, 3.63) is 0 Å². The van der Waals surface area contributed by atoms with Crippen LogP contribution < -0.4 is 5.32 Å². The van der Waals surface area contributed by atoms with Gasteiger partial charge in [0.25, 0.3) is 0 Å². The summed E-state index contributed by atoms with van der Waals surface area (Å²) in [4.78, 5) is 11.0. The Hall–Kier alpha value is -0.610. The molecule has 1 aliphatic rings. The molecule has 1 unspecified atom stereocenters. The molecular weight excluding hydrogens is 218 g/mol. The molecule has 1 aliphatic heterocycles. The molecule has 1 heterocycles. The van der Waals surface area contributed by atoms with Crippen LogP contribution in [0.15, 0.2) is 0 Å². The van der Waals surface area contributed by atoms with Gasteiger partial charge in [0.1, 0.15) is 0 Å². The first-order chi connectivity index (χ1) is 8.33. The van der Waals surface area contributed by atoms with Crippen molar-refractivity contribution in [2.45, 2.75) is 51.5 Å². The van der Waals surface area contributed by atoms with E-state index in [-0.39, 0.29) is 5.97 Å². The minimum atomic E-state index is -0.0800. The summed E-state index contributed by atoms with van der Waals surface area (Å²) >= 11 is 0. The Morgan fingerprint density at radius 3 is 2.94 bits per heavy atom. The Balaban J connectivity index is 1.79. The molecule has 4 nitrogen and oxygen atoms in total. The highest BCUT2D eigenvalue weighted by molar-refractivity contribution is 5.69. The van der Waals surface area contributed by atoms with Crippen molar-refractivity contribution in [3.8, 4) is 0 Å². The van der Waals surface area contributed by atoms with E-state index in [4.69, 9.17) is 9.47 Å². The van der Waals surface area contributed by atoms with Crippen molar-refractivity contribution >= 4 is 5.97 Å². The maximum absolute atomic E-state index is 11.0. The van der Waals surface area contributed by atoms with Crippen molar-refractivity contribution in [1.29, 1.82) is 0 Å². The molecule has 0 spiro atoms. The fourth-order valence-corrected chi connectivity index (χ4v) is 2.01. The van der Waals surface area contributed by atoms with E-state index in [1.54, 1.807) is 0 Å². The standard InChI is InChI=1S/C13H25NO3/c1-2-17-13(15)8-4-3-5-10-16-11-12-7-6-9-14-12/h12,14H,2-11H2,1H3. The lowest BCUT2D eigenvalue weighted by Gasteiger charge is -2.10. The van der Waals surface area contributed by atoms with Crippen LogP contribution >= 0.6 is 0 Å². The van der Waals surface area contributed by atoms with Gasteiger partial charge < -0.3 is 14.8 Å². The van der Waals surface area contributed by atoms with E-state index in [1.807, 2.05) is 6.92 Å². The highest BCUT2D eigenvalue weighted by atomic mass is 16.5. The van der Waals surface area contributed by atoms with Crippen LogP contribution in [0, 0.1) is 0 Å². The molecule has 0 aromatic rings. The summed E-state index contributed by atoms with van der Waals surface area (Å²) in [5, 5.41) is 3.40. The third-order valence-corrected chi connectivity index (χ3v) is 2.96. The predicted octanol–water partition coefficient (Wildman–Crippen LogP) is 1.88. The molecule has 0 aliphatic carbocycles. The number of carbonyl (C=O) groups excluding carboxylic acids is 1. The zero-order valence-electron chi connectivity index (χ0n) is 10.9. The average Bonchev–Trinajstić information content (AvgIpc) is 2.81. The first-order valence-electron chi connectivity index (χ1n) is 6.79. The Morgan fingerprint density at radius 2 is 2.24 bits per heavy atom. The van der Waals surface area contributed by atoms with E-state index in [9.17, 15) is 4.79 Å². The molecule has 17 heavy (non-hydrogen) atoms. The van der Waals surface area contributed by atoms with Crippen molar-refractivity contribution in [2.24, 2.45) is 0 Å². The van der Waals surface area contributed by atoms with Crippen LogP contribution in [0.1, 0.15) is 45.4 Å². The number of hydrogen-bond acceptors (Lipinski definition) is 4. The van der Waals surface area contributed by atoms with Crippen LogP contribution in [0.4, 0.5) is 0 Å². The molecule has 0 aromatic carbocycles. The van der Waals surface area contributed by atoms with Crippen LogP contribution in [0.25, 0.3) is 0 Å². The van der Waals surface area contributed by atoms with Gasteiger partial charge in [-0.15, -0.1) is 0 Å². The number of rotatable bonds is 9. The quantitative estimate of drug-likeness (QED) is 0.496. The lowest BCUT2D eigenvalue weighted by molar-refractivity contribution is -0.143. The lowest BCUT2D eigenvalue weighted by Crippen LogP contribution is -2.26. The smallest absolute Gasteiger partial charge is 0.305 e.